The Bertz CT molecular complexity index is 2380. The van der Waals surface area contributed by atoms with Gasteiger partial charge in [-0.2, -0.15) is 0 Å². The monoisotopic (exact) mass is 1100 g/mol. The number of ether oxygens (including phenoxy) is 2. The molecule has 1 aliphatic carbocycles. The van der Waals surface area contributed by atoms with E-state index in [1.54, 1.807) is 38.1 Å². The second-order valence-corrected chi connectivity index (χ2v) is 21.0. The number of imidazole rings is 1. The van der Waals surface area contributed by atoms with Crippen molar-refractivity contribution in [3.05, 3.63) is 42.5 Å². The van der Waals surface area contributed by atoms with Gasteiger partial charge in [0.1, 0.15) is 54.4 Å². The summed E-state index contributed by atoms with van der Waals surface area (Å²) < 4.78 is 11.1. The van der Waals surface area contributed by atoms with Crippen molar-refractivity contribution in [2.24, 2.45) is 11.8 Å². The lowest BCUT2D eigenvalue weighted by atomic mass is 9.80. The zero-order chi connectivity index (χ0) is 51.6. The third-order valence-corrected chi connectivity index (χ3v) is 15.6. The molecule has 7 amide bonds. The molecule has 10 N–H and O–H groups in total. The minimum atomic E-state index is -1.61. The van der Waals surface area contributed by atoms with Gasteiger partial charge in [-0.3, -0.25) is 33.7 Å². The van der Waals surface area contributed by atoms with Crippen molar-refractivity contribution in [1.82, 2.24) is 46.1 Å². The molecule has 2 aromatic heterocycles. The van der Waals surface area contributed by atoms with Gasteiger partial charge in [0.05, 0.1) is 24.9 Å². The molecule has 4 heterocycles. The molecule has 1 saturated carbocycles. The molecule has 0 spiro atoms. The molecular weight excluding hydrogens is 1040 g/mol. The van der Waals surface area contributed by atoms with E-state index >= 15 is 0 Å². The average Bonchev–Trinajstić information content (AvgIpc) is 3.96. The normalized spacial score (nSPS) is 23.8. The quantitative estimate of drug-likeness (QED) is 0.0415. The molecule has 2 aliphatic heterocycles. The van der Waals surface area contributed by atoms with Crippen molar-refractivity contribution >= 4 is 86.8 Å². The number of amides is 7. The number of likely N-dealkylation sites (tertiary alicyclic amines) is 1. The van der Waals surface area contributed by atoms with E-state index in [0.717, 1.165) is 30.6 Å². The molecular formula is C47H66IN11O12. The van der Waals surface area contributed by atoms with Crippen molar-refractivity contribution in [2.75, 3.05) is 23.8 Å². The van der Waals surface area contributed by atoms with Gasteiger partial charge < -0.3 is 61.7 Å². The van der Waals surface area contributed by atoms with E-state index < -0.39 is 90.5 Å². The summed E-state index contributed by atoms with van der Waals surface area (Å²) in [5.74, 6) is -3.48. The molecule has 0 radical (unpaired) electrons. The number of halogens is 1. The van der Waals surface area contributed by atoms with Crippen LogP contribution in [0.2, 0.25) is 0 Å². The Hall–Kier alpha value is -5.57. The maximum atomic E-state index is 14.0. The maximum absolute atomic E-state index is 14.0. The number of hydrogen-bond acceptors (Lipinski definition) is 16. The average molecular weight is 1100 g/mol. The fourth-order valence-corrected chi connectivity index (χ4v) is 10.3. The van der Waals surface area contributed by atoms with Gasteiger partial charge in [-0.15, -0.1) is 0 Å². The van der Waals surface area contributed by atoms with Gasteiger partial charge in [0.2, 0.25) is 35.4 Å². The Morgan fingerprint density at radius 3 is 2.37 bits per heavy atom. The van der Waals surface area contributed by atoms with Gasteiger partial charge >= 0.3 is 6.09 Å². The fraction of sp³-hybridized carbons (Fsp3) is 0.617. The highest BCUT2D eigenvalue weighted by Crippen LogP contribution is 2.42. The molecule has 71 heavy (non-hydrogen) atoms. The number of nitrogens with one attached hydrogen (secondary N) is 7. The predicted molar refractivity (Wildman–Crippen MR) is 265 cm³/mol. The van der Waals surface area contributed by atoms with Gasteiger partial charge in [-0.05, 0) is 56.2 Å². The summed E-state index contributed by atoms with van der Waals surface area (Å²) in [6.07, 6.45) is 1.03. The first kappa shape index (κ1) is 54.8. The largest absolute Gasteiger partial charge is 0.445 e. The van der Waals surface area contributed by atoms with Crippen LogP contribution in [0.5, 0.6) is 0 Å². The van der Waals surface area contributed by atoms with Crippen LogP contribution >= 0.6 is 22.6 Å². The number of alkyl carbamates (subject to hydrolysis) is 1. The van der Waals surface area contributed by atoms with Crippen molar-refractivity contribution in [1.29, 1.82) is 0 Å². The van der Waals surface area contributed by atoms with Crippen molar-refractivity contribution < 1.29 is 58.4 Å². The summed E-state index contributed by atoms with van der Waals surface area (Å²) in [4.78, 5) is 109. The Labute approximate surface area is 424 Å². The highest BCUT2D eigenvalue weighted by molar-refractivity contribution is 14.1. The van der Waals surface area contributed by atoms with Crippen LogP contribution < -0.4 is 31.9 Å². The summed E-state index contributed by atoms with van der Waals surface area (Å²) >= 11 is 2.29. The van der Waals surface area contributed by atoms with Gasteiger partial charge in [-0.25, -0.2) is 19.7 Å². The Kier molecular flexibility index (Phi) is 18.7. The van der Waals surface area contributed by atoms with E-state index in [2.05, 4.69) is 74.4 Å². The molecule has 6 rings (SSSR count). The number of carbonyl (C=O) groups excluding carboxylic acids is 7. The standard InChI is InChI=1S/C47H66IN11O12/c1-6-16-46(48,7-2)29-20-32(62)59(43(29)67)19-15-31(61)55-33(25(3)4)41(66)53-26(5)40(65)54-28-13-11-27(12-14-28)22-70-45(69)58-47(17-9-8-10-18-47)44(68)56-34-30(21-60)71-42(37(64)36(34)63)57-39-35-38(50-23-49-35)51-24-52-39/h11-14,23-26,29-30,33-34,36-37,42,60,63-64H,6-10,15-22H2,1-5H3,(H,53,66)(H,54,65)(H,55,61)(H,56,68)(H,58,69)(H2,49,50,51,52,57)/t26-,29?,30-,33-,34-,36+,37-,42-,46?/m0/s1. The number of hydrogen-bond donors (Lipinski definition) is 10. The number of aliphatic hydroxyl groups excluding tert-OH is 3. The molecule has 0 bridgehead atoms. The number of aromatic amines is 1. The summed E-state index contributed by atoms with van der Waals surface area (Å²) in [7, 11) is 0. The summed E-state index contributed by atoms with van der Waals surface area (Å²) in [6, 6.07) is 3.10. The number of alkyl halides is 1. The van der Waals surface area contributed by atoms with Gasteiger partial charge in [0.15, 0.2) is 17.7 Å². The molecule has 3 aromatic rings. The first-order valence-corrected chi connectivity index (χ1v) is 25.2. The zero-order valence-corrected chi connectivity index (χ0v) is 42.7. The molecule has 3 fully saturated rings. The lowest BCUT2D eigenvalue weighted by Crippen LogP contribution is -2.69. The first-order chi connectivity index (χ1) is 33.8. The highest BCUT2D eigenvalue weighted by atomic mass is 127. The number of H-pyrrole nitrogens is 1. The van der Waals surface area contributed by atoms with Gasteiger partial charge in [0, 0.05) is 28.5 Å². The second kappa shape index (κ2) is 24.2. The smallest absolute Gasteiger partial charge is 0.408 e. The van der Waals surface area contributed by atoms with Crippen LogP contribution in [0.3, 0.4) is 0 Å². The van der Waals surface area contributed by atoms with Crippen molar-refractivity contribution in [3.8, 4) is 0 Å². The third-order valence-electron chi connectivity index (χ3n) is 13.5. The Morgan fingerprint density at radius 1 is 0.986 bits per heavy atom. The van der Waals surface area contributed by atoms with E-state index in [1.807, 2.05) is 13.8 Å². The summed E-state index contributed by atoms with van der Waals surface area (Å²) in [6.45, 7) is 8.07. The number of nitrogens with zero attached hydrogens (tertiary/aromatic N) is 4. The molecule has 2 saturated heterocycles. The Balaban J connectivity index is 0.961. The van der Waals surface area contributed by atoms with Gasteiger partial charge in [-0.1, -0.05) is 88.1 Å². The third kappa shape index (κ3) is 13.1. The fourth-order valence-electron chi connectivity index (χ4n) is 9.30. The molecule has 23 nitrogen and oxygen atoms in total. The lowest BCUT2D eigenvalue weighted by molar-refractivity contribution is -0.186. The van der Waals surface area contributed by atoms with E-state index in [0.29, 0.717) is 35.3 Å². The molecule has 24 heteroatoms. The minimum absolute atomic E-state index is 0.0980. The molecule has 2 unspecified atom stereocenters. The number of aliphatic hydroxyl groups is 3. The van der Waals surface area contributed by atoms with Crippen LogP contribution in [0.1, 0.15) is 104 Å². The maximum Gasteiger partial charge on any atom is 0.408 e. The van der Waals surface area contributed by atoms with Crippen LogP contribution in [-0.2, 0) is 44.8 Å². The highest BCUT2D eigenvalue weighted by Gasteiger charge is 2.50. The van der Waals surface area contributed by atoms with Crippen LogP contribution in [-0.4, -0.2) is 146 Å². The van der Waals surface area contributed by atoms with Crippen molar-refractivity contribution in [2.45, 2.75) is 157 Å². The number of imide groups is 1. The van der Waals surface area contributed by atoms with Crippen LogP contribution in [0, 0.1) is 11.8 Å². The molecule has 3 aliphatic rings. The van der Waals surface area contributed by atoms with E-state index in [1.165, 1.54) is 19.6 Å². The molecule has 388 valence electrons. The number of anilines is 2. The topological polar surface area (TPSA) is 329 Å². The van der Waals surface area contributed by atoms with Crippen molar-refractivity contribution in [3.63, 3.8) is 0 Å². The summed E-state index contributed by atoms with van der Waals surface area (Å²) in [5.41, 5.74) is 0.262. The zero-order valence-electron chi connectivity index (χ0n) is 40.5. The summed E-state index contributed by atoms with van der Waals surface area (Å²) in [5, 5.41) is 49.0. The van der Waals surface area contributed by atoms with Crippen LogP contribution in [0.4, 0.5) is 16.3 Å². The number of fused-ring (bicyclic) bond motifs is 1. The van der Waals surface area contributed by atoms with Crippen LogP contribution in [0.25, 0.3) is 11.2 Å². The minimum Gasteiger partial charge on any atom is -0.445 e. The second-order valence-electron chi connectivity index (χ2n) is 18.8. The van der Waals surface area contributed by atoms with Crippen LogP contribution in [0.15, 0.2) is 36.9 Å². The number of benzene rings is 1. The molecule has 9 atom stereocenters. The lowest BCUT2D eigenvalue weighted by Gasteiger charge is -2.44. The molecule has 1 aromatic carbocycles. The number of aromatic nitrogens is 4. The first-order valence-electron chi connectivity index (χ1n) is 24.1. The van der Waals surface area contributed by atoms with E-state index in [4.69, 9.17) is 9.47 Å². The SMILES string of the molecule is CCCC(I)(CC)C1CC(=O)N(CCC(=O)N[C@H](C(=O)N[C@@H](C)C(=O)Nc2ccc(COC(=O)NC3(C(=O)N[C@@H]4[C@@H](O)[C@H](O)[C@@H](Nc5ncnc6nc[nH]c56)O[C@H]4CO)CCCCC3)cc2)C(C)C)C1=O. The van der Waals surface area contributed by atoms with E-state index in [-0.39, 0.29) is 65.8 Å². The van der Waals surface area contributed by atoms with E-state index in [9.17, 15) is 48.9 Å². The Morgan fingerprint density at radius 2 is 1.70 bits per heavy atom. The van der Waals surface area contributed by atoms with Gasteiger partial charge in [0.25, 0.3) is 0 Å². The predicted octanol–water partition coefficient (Wildman–Crippen LogP) is 2.05. The number of carbonyl (C=O) groups is 7. The number of rotatable bonds is 21.